The third kappa shape index (κ3) is 2.59. The first-order valence-corrected chi connectivity index (χ1v) is 6.39. The summed E-state index contributed by atoms with van der Waals surface area (Å²) in [7, 11) is 1.37. The number of hydrogen-bond donors (Lipinski definition) is 0. The van der Waals surface area contributed by atoms with E-state index in [-0.39, 0.29) is 5.97 Å². The van der Waals surface area contributed by atoms with Crippen molar-refractivity contribution < 1.29 is 9.53 Å². The highest BCUT2D eigenvalue weighted by Crippen LogP contribution is 2.31. The van der Waals surface area contributed by atoms with Gasteiger partial charge in [-0.2, -0.15) is 0 Å². The molecule has 4 heteroatoms. The molecule has 0 amide bonds. The first-order chi connectivity index (χ1) is 7.79. The Bertz CT molecular complexity index is 495. The highest BCUT2D eigenvalue weighted by atomic mass is 32.1. The summed E-state index contributed by atoms with van der Waals surface area (Å²) in [5.74, 6) is -0.328. The van der Waals surface area contributed by atoms with Crippen molar-refractivity contribution in [2.45, 2.75) is 0 Å². The molecule has 0 aliphatic heterocycles. The lowest BCUT2D eigenvalue weighted by atomic mass is 10.3. The zero-order valence-electron chi connectivity index (χ0n) is 8.67. The van der Waals surface area contributed by atoms with E-state index in [1.165, 1.54) is 22.9 Å². The zero-order valence-corrected chi connectivity index (χ0v) is 10.3. The second kappa shape index (κ2) is 5.09. The zero-order chi connectivity index (χ0) is 11.4. The summed E-state index contributed by atoms with van der Waals surface area (Å²) >= 11 is 3.37. The van der Waals surface area contributed by atoms with E-state index < -0.39 is 0 Å². The normalized spacial score (nSPS) is 10.8. The lowest BCUT2D eigenvalue weighted by Crippen LogP contribution is -1.92. The highest BCUT2D eigenvalue weighted by Gasteiger charge is 2.02. The van der Waals surface area contributed by atoms with E-state index in [9.17, 15) is 4.79 Å². The lowest BCUT2D eigenvalue weighted by Gasteiger charge is -1.89. The molecule has 0 saturated heterocycles. The van der Waals surface area contributed by atoms with Gasteiger partial charge in [0.1, 0.15) is 0 Å². The van der Waals surface area contributed by atoms with Crippen LogP contribution in [-0.2, 0) is 9.53 Å². The van der Waals surface area contributed by atoms with Crippen LogP contribution in [0.4, 0.5) is 0 Å². The third-order valence-electron chi connectivity index (χ3n) is 1.98. The van der Waals surface area contributed by atoms with Gasteiger partial charge in [-0.3, -0.25) is 0 Å². The fourth-order valence-corrected chi connectivity index (χ4v) is 2.96. The molecule has 0 fully saturated rings. The molecule has 0 bridgehead atoms. The van der Waals surface area contributed by atoms with Crippen molar-refractivity contribution in [1.29, 1.82) is 0 Å². The molecule has 0 radical (unpaired) electrons. The Morgan fingerprint density at radius 3 is 2.88 bits per heavy atom. The predicted octanol–water partition coefficient (Wildman–Crippen LogP) is 3.66. The largest absolute Gasteiger partial charge is 0.466 e. The average molecular weight is 250 g/mol. The summed E-state index contributed by atoms with van der Waals surface area (Å²) in [6, 6.07) is 8.18. The summed E-state index contributed by atoms with van der Waals surface area (Å²) in [6.45, 7) is 0. The van der Waals surface area contributed by atoms with Crippen molar-refractivity contribution >= 4 is 34.7 Å². The van der Waals surface area contributed by atoms with Gasteiger partial charge in [0.25, 0.3) is 0 Å². The number of rotatable bonds is 3. The first kappa shape index (κ1) is 11.1. The fourth-order valence-electron chi connectivity index (χ4n) is 1.21. The molecular weight excluding hydrogens is 240 g/mol. The van der Waals surface area contributed by atoms with E-state index in [0.717, 1.165) is 4.88 Å². The molecule has 0 atom stereocenters. The second-order valence-corrected chi connectivity index (χ2v) is 5.10. The van der Waals surface area contributed by atoms with Crippen LogP contribution in [-0.4, -0.2) is 13.1 Å². The Morgan fingerprint density at radius 1 is 1.31 bits per heavy atom. The van der Waals surface area contributed by atoms with Crippen LogP contribution in [0.15, 0.2) is 35.7 Å². The van der Waals surface area contributed by atoms with Crippen molar-refractivity contribution in [3.05, 3.63) is 40.6 Å². The number of hydrogen-bond acceptors (Lipinski definition) is 4. The minimum absolute atomic E-state index is 0.328. The quantitative estimate of drug-likeness (QED) is 0.614. The summed E-state index contributed by atoms with van der Waals surface area (Å²) in [5, 5.41) is 2.05. The van der Waals surface area contributed by atoms with E-state index in [1.54, 1.807) is 28.7 Å². The summed E-state index contributed by atoms with van der Waals surface area (Å²) in [5.41, 5.74) is 0. The van der Waals surface area contributed by atoms with E-state index in [0.29, 0.717) is 0 Å². The van der Waals surface area contributed by atoms with Crippen LogP contribution >= 0.6 is 22.7 Å². The van der Waals surface area contributed by atoms with Gasteiger partial charge in [-0.1, -0.05) is 6.07 Å². The molecular formula is C12H10O2S2. The highest BCUT2D eigenvalue weighted by molar-refractivity contribution is 7.21. The molecule has 0 spiro atoms. The van der Waals surface area contributed by atoms with E-state index >= 15 is 0 Å². The number of methoxy groups -OCH3 is 1. The van der Waals surface area contributed by atoms with Crippen LogP contribution in [0.2, 0.25) is 0 Å². The third-order valence-corrected chi connectivity index (χ3v) is 4.09. The summed E-state index contributed by atoms with van der Waals surface area (Å²) < 4.78 is 4.53. The monoisotopic (exact) mass is 250 g/mol. The van der Waals surface area contributed by atoms with Gasteiger partial charge >= 0.3 is 5.97 Å². The predicted molar refractivity (Wildman–Crippen MR) is 68.7 cm³/mol. The number of esters is 1. The summed E-state index contributed by atoms with van der Waals surface area (Å²) in [6.07, 6.45) is 3.21. The Balaban J connectivity index is 2.14. The molecule has 2 aromatic rings. The molecule has 16 heavy (non-hydrogen) atoms. The topological polar surface area (TPSA) is 26.3 Å². The molecule has 0 aliphatic rings. The van der Waals surface area contributed by atoms with Crippen molar-refractivity contribution in [3.63, 3.8) is 0 Å². The molecule has 2 nitrogen and oxygen atoms in total. The molecule has 2 rings (SSSR count). The summed E-state index contributed by atoms with van der Waals surface area (Å²) in [4.78, 5) is 14.4. The molecule has 0 saturated carbocycles. The second-order valence-electron chi connectivity index (χ2n) is 3.04. The maximum absolute atomic E-state index is 10.9. The number of thiophene rings is 2. The first-order valence-electron chi connectivity index (χ1n) is 4.69. The molecule has 2 aromatic heterocycles. The Hall–Kier alpha value is -1.39. The molecule has 0 N–H and O–H groups in total. The Morgan fingerprint density at radius 2 is 2.19 bits per heavy atom. The number of carbonyl (C=O) groups excluding carboxylic acids is 1. The van der Waals surface area contributed by atoms with Crippen LogP contribution in [0, 0.1) is 0 Å². The Labute approximate surface area is 102 Å². The minimum atomic E-state index is -0.328. The molecule has 0 aliphatic carbocycles. The van der Waals surface area contributed by atoms with Gasteiger partial charge in [0.05, 0.1) is 7.11 Å². The molecule has 0 aromatic carbocycles. The van der Waals surface area contributed by atoms with Crippen molar-refractivity contribution in [3.8, 4) is 9.75 Å². The van der Waals surface area contributed by atoms with Crippen LogP contribution in [0.3, 0.4) is 0 Å². The van der Waals surface area contributed by atoms with E-state index in [4.69, 9.17) is 0 Å². The van der Waals surface area contributed by atoms with Gasteiger partial charge in [0.2, 0.25) is 0 Å². The number of carbonyl (C=O) groups is 1. The van der Waals surface area contributed by atoms with Crippen molar-refractivity contribution in [2.24, 2.45) is 0 Å². The molecule has 82 valence electrons. The lowest BCUT2D eigenvalue weighted by molar-refractivity contribution is -0.134. The SMILES string of the molecule is COC(=O)/C=C/c1ccc(-c2cccs2)s1. The van der Waals surface area contributed by atoms with Crippen LogP contribution in [0.1, 0.15) is 4.88 Å². The van der Waals surface area contributed by atoms with Gasteiger partial charge in [-0.25, -0.2) is 4.79 Å². The smallest absolute Gasteiger partial charge is 0.330 e. The van der Waals surface area contributed by atoms with Crippen LogP contribution in [0.5, 0.6) is 0 Å². The van der Waals surface area contributed by atoms with Crippen molar-refractivity contribution in [1.82, 2.24) is 0 Å². The van der Waals surface area contributed by atoms with Crippen LogP contribution in [0.25, 0.3) is 15.8 Å². The van der Waals surface area contributed by atoms with Gasteiger partial charge < -0.3 is 4.74 Å². The minimum Gasteiger partial charge on any atom is -0.466 e. The van der Waals surface area contributed by atoms with Crippen LogP contribution < -0.4 is 0 Å². The van der Waals surface area contributed by atoms with Crippen molar-refractivity contribution in [2.75, 3.05) is 7.11 Å². The fraction of sp³-hybridized carbons (Fsp3) is 0.0833. The van der Waals surface area contributed by atoms with Gasteiger partial charge in [-0.05, 0) is 29.7 Å². The molecule has 0 unspecified atom stereocenters. The van der Waals surface area contributed by atoms with E-state index in [2.05, 4.69) is 22.2 Å². The average Bonchev–Trinajstić information content (AvgIpc) is 2.95. The van der Waals surface area contributed by atoms with Gasteiger partial charge in [0, 0.05) is 20.7 Å². The molecule has 2 heterocycles. The maximum atomic E-state index is 10.9. The maximum Gasteiger partial charge on any atom is 0.330 e. The standard InChI is InChI=1S/C12H10O2S2/c1-14-12(13)7-5-9-4-6-11(16-9)10-3-2-8-15-10/h2-8H,1H3/b7-5+. The Kier molecular flexibility index (Phi) is 3.54. The van der Waals surface area contributed by atoms with Gasteiger partial charge in [0.15, 0.2) is 0 Å². The van der Waals surface area contributed by atoms with E-state index in [1.807, 2.05) is 12.1 Å². The number of ether oxygens (including phenoxy) is 1. The van der Waals surface area contributed by atoms with Gasteiger partial charge in [-0.15, -0.1) is 22.7 Å².